The number of carbonyl (C=O) groups is 1. The molecule has 1 aromatic rings. The van der Waals surface area contributed by atoms with Gasteiger partial charge >= 0.3 is 0 Å². The molecule has 2 N–H and O–H groups in total. The molecule has 2 unspecified atom stereocenters. The van der Waals surface area contributed by atoms with Gasteiger partial charge in [-0.05, 0) is 31.6 Å². The number of anilines is 1. The molecule has 1 saturated carbocycles. The van der Waals surface area contributed by atoms with Crippen LogP contribution in [-0.4, -0.2) is 35.5 Å². The van der Waals surface area contributed by atoms with Crippen molar-refractivity contribution in [2.45, 2.75) is 37.0 Å². The van der Waals surface area contributed by atoms with Gasteiger partial charge in [-0.1, -0.05) is 6.42 Å². The van der Waals surface area contributed by atoms with Crippen molar-refractivity contribution in [1.29, 1.82) is 0 Å². The van der Waals surface area contributed by atoms with Crippen LogP contribution in [0.4, 0.5) is 5.69 Å². The van der Waals surface area contributed by atoms with E-state index in [1.807, 2.05) is 24.9 Å². The standard InChI is InChI=1S/C14H21N3OS/c1-15-13-6-7-16-9-12(13)14(18)17-10-4-3-5-11(8-10)19-2/h6-7,9-11H,3-5,8H2,1-2H3,(H,15,16)(H,17,18). The molecule has 0 saturated heterocycles. The van der Waals surface area contributed by atoms with Crippen LogP contribution in [0.1, 0.15) is 36.0 Å². The summed E-state index contributed by atoms with van der Waals surface area (Å²) >= 11 is 1.90. The summed E-state index contributed by atoms with van der Waals surface area (Å²) in [6, 6.07) is 2.11. The minimum atomic E-state index is -0.0239. The number of rotatable bonds is 4. The quantitative estimate of drug-likeness (QED) is 0.889. The van der Waals surface area contributed by atoms with Gasteiger partial charge in [0.05, 0.1) is 5.56 Å². The fraction of sp³-hybridized carbons (Fsp3) is 0.571. The number of hydrogen-bond donors (Lipinski definition) is 2. The van der Waals surface area contributed by atoms with E-state index in [0.717, 1.165) is 18.5 Å². The van der Waals surface area contributed by atoms with Crippen molar-refractivity contribution >= 4 is 23.4 Å². The van der Waals surface area contributed by atoms with Crippen LogP contribution in [0.2, 0.25) is 0 Å². The summed E-state index contributed by atoms with van der Waals surface area (Å²) in [6.45, 7) is 0. The third-order valence-corrected chi connectivity index (χ3v) is 4.72. The predicted octanol–water partition coefficient (Wildman–Crippen LogP) is 2.53. The van der Waals surface area contributed by atoms with Crippen LogP contribution in [-0.2, 0) is 0 Å². The van der Waals surface area contributed by atoms with Crippen LogP contribution in [0.5, 0.6) is 0 Å². The van der Waals surface area contributed by atoms with Gasteiger partial charge in [0.15, 0.2) is 0 Å². The molecule has 0 spiro atoms. The number of hydrogen-bond acceptors (Lipinski definition) is 4. The van der Waals surface area contributed by atoms with Crippen LogP contribution >= 0.6 is 11.8 Å². The van der Waals surface area contributed by atoms with Crippen molar-refractivity contribution in [3.8, 4) is 0 Å². The number of nitrogens with zero attached hydrogens (tertiary/aromatic N) is 1. The summed E-state index contributed by atoms with van der Waals surface area (Å²) < 4.78 is 0. The molecule has 4 nitrogen and oxygen atoms in total. The normalized spacial score (nSPS) is 22.8. The van der Waals surface area contributed by atoms with Crippen molar-refractivity contribution in [2.24, 2.45) is 0 Å². The Bertz CT molecular complexity index is 438. The predicted molar refractivity (Wildman–Crippen MR) is 80.8 cm³/mol. The Hall–Kier alpha value is -1.23. The summed E-state index contributed by atoms with van der Waals surface area (Å²) in [6.07, 6.45) is 10.1. The van der Waals surface area contributed by atoms with E-state index in [2.05, 4.69) is 21.9 Å². The van der Waals surface area contributed by atoms with E-state index in [-0.39, 0.29) is 5.91 Å². The van der Waals surface area contributed by atoms with Gasteiger partial charge in [0, 0.05) is 36.4 Å². The van der Waals surface area contributed by atoms with Gasteiger partial charge in [0.1, 0.15) is 0 Å². The van der Waals surface area contributed by atoms with Gasteiger partial charge in [-0.15, -0.1) is 0 Å². The molecule has 2 atom stereocenters. The van der Waals surface area contributed by atoms with Crippen LogP contribution < -0.4 is 10.6 Å². The third kappa shape index (κ3) is 3.62. The Kier molecular flexibility index (Phi) is 5.07. The number of nitrogens with one attached hydrogen (secondary N) is 2. The van der Waals surface area contributed by atoms with E-state index < -0.39 is 0 Å². The summed E-state index contributed by atoms with van der Waals surface area (Å²) in [4.78, 5) is 16.3. The average Bonchev–Trinajstić information content (AvgIpc) is 2.47. The molecular weight excluding hydrogens is 258 g/mol. The van der Waals surface area contributed by atoms with Gasteiger partial charge in [0.2, 0.25) is 0 Å². The van der Waals surface area contributed by atoms with E-state index >= 15 is 0 Å². The first-order chi connectivity index (χ1) is 9.24. The summed E-state index contributed by atoms with van der Waals surface area (Å²) in [7, 11) is 1.82. The molecule has 1 heterocycles. The zero-order valence-corrected chi connectivity index (χ0v) is 12.3. The molecular formula is C14H21N3OS. The molecule has 2 rings (SSSR count). The van der Waals surface area contributed by atoms with Crippen LogP contribution in [0.25, 0.3) is 0 Å². The molecule has 1 aliphatic rings. The molecule has 1 aromatic heterocycles. The first kappa shape index (κ1) is 14.2. The monoisotopic (exact) mass is 279 g/mol. The molecule has 1 fully saturated rings. The zero-order valence-electron chi connectivity index (χ0n) is 11.5. The van der Waals surface area contributed by atoms with Gasteiger partial charge in [-0.25, -0.2) is 0 Å². The van der Waals surface area contributed by atoms with Crippen molar-refractivity contribution in [2.75, 3.05) is 18.6 Å². The highest BCUT2D eigenvalue weighted by Crippen LogP contribution is 2.27. The number of aromatic nitrogens is 1. The molecule has 1 aliphatic carbocycles. The van der Waals surface area contributed by atoms with Gasteiger partial charge in [0.25, 0.3) is 5.91 Å². The summed E-state index contributed by atoms with van der Waals surface area (Å²) in [5.74, 6) is -0.0239. The number of thioether (sulfide) groups is 1. The van der Waals surface area contributed by atoms with Crippen molar-refractivity contribution in [3.63, 3.8) is 0 Å². The molecule has 19 heavy (non-hydrogen) atoms. The third-order valence-electron chi connectivity index (χ3n) is 3.63. The van der Waals surface area contributed by atoms with Crippen molar-refractivity contribution < 1.29 is 4.79 Å². The van der Waals surface area contributed by atoms with Crippen LogP contribution in [0.15, 0.2) is 18.5 Å². The fourth-order valence-electron chi connectivity index (χ4n) is 2.55. The van der Waals surface area contributed by atoms with Gasteiger partial charge in [-0.2, -0.15) is 11.8 Å². The van der Waals surface area contributed by atoms with Gasteiger partial charge < -0.3 is 10.6 Å². The molecule has 0 radical (unpaired) electrons. The lowest BCUT2D eigenvalue weighted by atomic mass is 9.94. The lowest BCUT2D eigenvalue weighted by Crippen LogP contribution is -2.39. The summed E-state index contributed by atoms with van der Waals surface area (Å²) in [5, 5.41) is 6.85. The van der Waals surface area contributed by atoms with Gasteiger partial charge in [-0.3, -0.25) is 9.78 Å². The van der Waals surface area contributed by atoms with E-state index in [9.17, 15) is 4.79 Å². The molecule has 0 aromatic carbocycles. The SMILES string of the molecule is CNc1ccncc1C(=O)NC1CCCC(SC)C1. The maximum absolute atomic E-state index is 12.3. The summed E-state index contributed by atoms with van der Waals surface area (Å²) in [5.41, 5.74) is 1.45. The Morgan fingerprint density at radius 2 is 2.32 bits per heavy atom. The van der Waals surface area contributed by atoms with E-state index in [4.69, 9.17) is 0 Å². The van der Waals surface area contributed by atoms with E-state index in [0.29, 0.717) is 16.9 Å². The lowest BCUT2D eigenvalue weighted by Gasteiger charge is -2.28. The molecule has 5 heteroatoms. The fourth-order valence-corrected chi connectivity index (χ4v) is 3.37. The maximum Gasteiger partial charge on any atom is 0.255 e. The van der Waals surface area contributed by atoms with E-state index in [1.54, 1.807) is 12.4 Å². The number of pyridine rings is 1. The number of carbonyl (C=O) groups excluding carboxylic acids is 1. The molecule has 0 aliphatic heterocycles. The minimum Gasteiger partial charge on any atom is -0.387 e. The average molecular weight is 279 g/mol. The van der Waals surface area contributed by atoms with Crippen LogP contribution in [0.3, 0.4) is 0 Å². The minimum absolute atomic E-state index is 0.0239. The highest BCUT2D eigenvalue weighted by Gasteiger charge is 2.23. The Morgan fingerprint density at radius 1 is 1.47 bits per heavy atom. The maximum atomic E-state index is 12.3. The largest absolute Gasteiger partial charge is 0.387 e. The number of amides is 1. The Morgan fingerprint density at radius 3 is 3.05 bits per heavy atom. The second-order valence-corrected chi connectivity index (χ2v) is 6.00. The molecule has 1 amide bonds. The van der Waals surface area contributed by atoms with Crippen molar-refractivity contribution in [1.82, 2.24) is 10.3 Å². The van der Waals surface area contributed by atoms with E-state index in [1.165, 1.54) is 12.8 Å². The zero-order chi connectivity index (χ0) is 13.7. The highest BCUT2D eigenvalue weighted by atomic mass is 32.2. The first-order valence-electron chi connectivity index (χ1n) is 6.70. The first-order valence-corrected chi connectivity index (χ1v) is 7.98. The Labute approximate surface area is 118 Å². The lowest BCUT2D eigenvalue weighted by molar-refractivity contribution is 0.0929. The Balaban J connectivity index is 2.00. The smallest absolute Gasteiger partial charge is 0.255 e. The highest BCUT2D eigenvalue weighted by molar-refractivity contribution is 7.99. The van der Waals surface area contributed by atoms with Crippen molar-refractivity contribution in [3.05, 3.63) is 24.0 Å². The topological polar surface area (TPSA) is 54.0 Å². The molecule has 104 valence electrons. The van der Waals surface area contributed by atoms with Crippen LogP contribution in [0, 0.1) is 0 Å². The second-order valence-electron chi connectivity index (χ2n) is 4.87. The molecule has 0 bridgehead atoms. The second kappa shape index (κ2) is 6.80.